The van der Waals surface area contributed by atoms with Crippen molar-refractivity contribution < 1.29 is 22.7 Å². The quantitative estimate of drug-likeness (QED) is 0.453. The van der Waals surface area contributed by atoms with E-state index in [4.69, 9.17) is 0 Å². The number of hydrogen-bond acceptors (Lipinski definition) is 2. The van der Waals surface area contributed by atoms with Crippen LogP contribution in [0.15, 0.2) is 12.1 Å². The number of unbranched alkanes of at least 4 members (excludes halogenated alkanes) is 1. The Morgan fingerprint density at radius 2 is 1.81 bits per heavy atom. The highest BCUT2D eigenvalue weighted by molar-refractivity contribution is 5.89. The van der Waals surface area contributed by atoms with Crippen molar-refractivity contribution in [2.75, 3.05) is 6.61 Å². The predicted molar refractivity (Wildman–Crippen MR) is 51.5 cm³/mol. The Bertz CT molecular complexity index is 391. The molecule has 0 fully saturated rings. The summed E-state index contributed by atoms with van der Waals surface area (Å²) in [6.45, 7) is 2.03. The second-order valence-corrected chi connectivity index (χ2v) is 3.24. The molecule has 0 spiro atoms. The third-order valence-electron chi connectivity index (χ3n) is 1.96. The van der Waals surface area contributed by atoms with Crippen LogP contribution in [0.2, 0.25) is 0 Å². The SMILES string of the molecule is CCCCOC(=O)c1cc(F)c(F)cc1F. The standard InChI is InChI=1S/C11H11F3O2/c1-2-3-4-16-11(15)7-5-9(13)10(14)6-8(7)12/h5-6H,2-4H2,1H3. The van der Waals surface area contributed by atoms with Gasteiger partial charge in [0.2, 0.25) is 0 Å². The number of esters is 1. The Balaban J connectivity index is 2.79. The normalized spacial score (nSPS) is 10.2. The summed E-state index contributed by atoms with van der Waals surface area (Å²) in [7, 11) is 0. The van der Waals surface area contributed by atoms with Crippen molar-refractivity contribution in [3.63, 3.8) is 0 Å². The smallest absolute Gasteiger partial charge is 0.341 e. The number of rotatable bonds is 4. The van der Waals surface area contributed by atoms with Crippen molar-refractivity contribution >= 4 is 5.97 Å². The fraction of sp³-hybridized carbons (Fsp3) is 0.364. The number of halogens is 3. The third kappa shape index (κ3) is 2.98. The summed E-state index contributed by atoms with van der Waals surface area (Å²) in [6.07, 6.45) is 1.45. The molecule has 2 nitrogen and oxygen atoms in total. The molecule has 0 aliphatic heterocycles. The fourth-order valence-corrected chi connectivity index (χ4v) is 1.07. The maximum atomic E-state index is 13.1. The van der Waals surface area contributed by atoms with E-state index in [1.165, 1.54) is 0 Å². The summed E-state index contributed by atoms with van der Waals surface area (Å²) < 4.78 is 43.1. The first-order chi connectivity index (χ1) is 7.56. The van der Waals surface area contributed by atoms with E-state index in [0.29, 0.717) is 18.6 Å². The molecule has 1 aromatic carbocycles. The van der Waals surface area contributed by atoms with Crippen molar-refractivity contribution in [3.8, 4) is 0 Å². The first kappa shape index (κ1) is 12.5. The topological polar surface area (TPSA) is 26.3 Å². The van der Waals surface area contributed by atoms with E-state index in [2.05, 4.69) is 4.74 Å². The van der Waals surface area contributed by atoms with Crippen LogP contribution in [0.1, 0.15) is 30.1 Å². The lowest BCUT2D eigenvalue weighted by molar-refractivity contribution is 0.0493. The van der Waals surface area contributed by atoms with Gasteiger partial charge in [0.25, 0.3) is 0 Å². The summed E-state index contributed by atoms with van der Waals surface area (Å²) in [4.78, 5) is 11.3. The van der Waals surface area contributed by atoms with Gasteiger partial charge in [-0.2, -0.15) is 0 Å². The maximum absolute atomic E-state index is 13.1. The van der Waals surface area contributed by atoms with Gasteiger partial charge < -0.3 is 4.74 Å². The van der Waals surface area contributed by atoms with Crippen molar-refractivity contribution in [1.82, 2.24) is 0 Å². The van der Waals surface area contributed by atoms with E-state index in [9.17, 15) is 18.0 Å². The molecule has 0 aliphatic rings. The van der Waals surface area contributed by atoms with Gasteiger partial charge in [-0.3, -0.25) is 0 Å². The predicted octanol–water partition coefficient (Wildman–Crippen LogP) is 3.06. The molecule has 0 amide bonds. The molecule has 0 heterocycles. The van der Waals surface area contributed by atoms with Gasteiger partial charge in [-0.1, -0.05) is 13.3 Å². The maximum Gasteiger partial charge on any atom is 0.341 e. The lowest BCUT2D eigenvalue weighted by Crippen LogP contribution is -2.09. The zero-order valence-corrected chi connectivity index (χ0v) is 8.73. The summed E-state index contributed by atoms with van der Waals surface area (Å²) in [5.41, 5.74) is -0.588. The highest BCUT2D eigenvalue weighted by atomic mass is 19.2. The molecule has 0 radical (unpaired) electrons. The molecule has 16 heavy (non-hydrogen) atoms. The number of carbonyl (C=O) groups excluding carboxylic acids is 1. The molecule has 5 heteroatoms. The molecule has 0 atom stereocenters. The summed E-state index contributed by atoms with van der Waals surface area (Å²) in [6, 6.07) is 0.824. The molecule has 0 aromatic heterocycles. The van der Waals surface area contributed by atoms with Gasteiger partial charge in [-0.25, -0.2) is 18.0 Å². The molecule has 0 saturated heterocycles. The highest BCUT2D eigenvalue weighted by Crippen LogP contribution is 2.14. The van der Waals surface area contributed by atoms with E-state index in [1.807, 2.05) is 6.92 Å². The minimum Gasteiger partial charge on any atom is -0.462 e. The Labute approximate surface area is 91.0 Å². The summed E-state index contributed by atoms with van der Waals surface area (Å²) in [5, 5.41) is 0. The monoisotopic (exact) mass is 232 g/mol. The molecule has 0 bridgehead atoms. The Morgan fingerprint density at radius 3 is 2.44 bits per heavy atom. The zero-order valence-electron chi connectivity index (χ0n) is 8.73. The van der Waals surface area contributed by atoms with Crippen LogP contribution in [0, 0.1) is 17.5 Å². The van der Waals surface area contributed by atoms with E-state index >= 15 is 0 Å². The number of ether oxygens (including phenoxy) is 1. The minimum absolute atomic E-state index is 0.133. The average molecular weight is 232 g/mol. The molecule has 0 unspecified atom stereocenters. The lowest BCUT2D eigenvalue weighted by atomic mass is 10.2. The number of carbonyl (C=O) groups is 1. The van der Waals surface area contributed by atoms with Gasteiger partial charge in [0.05, 0.1) is 12.2 Å². The first-order valence-electron chi connectivity index (χ1n) is 4.88. The largest absolute Gasteiger partial charge is 0.462 e. The van der Waals surface area contributed by atoms with E-state index in [0.717, 1.165) is 6.42 Å². The van der Waals surface area contributed by atoms with Crippen LogP contribution in [0.3, 0.4) is 0 Å². The average Bonchev–Trinajstić information content (AvgIpc) is 2.23. The second-order valence-electron chi connectivity index (χ2n) is 3.24. The van der Waals surface area contributed by atoms with Crippen LogP contribution in [-0.2, 0) is 4.74 Å². The van der Waals surface area contributed by atoms with Crippen molar-refractivity contribution in [3.05, 3.63) is 35.1 Å². The minimum atomic E-state index is -1.33. The molecule has 88 valence electrons. The molecule has 1 rings (SSSR count). The van der Waals surface area contributed by atoms with Gasteiger partial charge in [0, 0.05) is 6.07 Å². The van der Waals surface area contributed by atoms with Crippen LogP contribution >= 0.6 is 0 Å². The number of hydrogen-bond donors (Lipinski definition) is 0. The van der Waals surface area contributed by atoms with Crippen molar-refractivity contribution in [2.45, 2.75) is 19.8 Å². The van der Waals surface area contributed by atoms with Crippen molar-refractivity contribution in [2.24, 2.45) is 0 Å². The molecule has 0 N–H and O–H groups in total. The van der Waals surface area contributed by atoms with Crippen molar-refractivity contribution in [1.29, 1.82) is 0 Å². The number of benzene rings is 1. The molecule has 1 aromatic rings. The summed E-state index contributed by atoms with van der Waals surface area (Å²) >= 11 is 0. The van der Waals surface area contributed by atoms with Gasteiger partial charge in [-0.05, 0) is 12.5 Å². The van der Waals surface area contributed by atoms with Gasteiger partial charge in [0.15, 0.2) is 11.6 Å². The first-order valence-corrected chi connectivity index (χ1v) is 4.88. The third-order valence-corrected chi connectivity index (χ3v) is 1.96. The summed E-state index contributed by atoms with van der Waals surface area (Å²) in [5.74, 6) is -4.71. The second kappa shape index (κ2) is 5.53. The van der Waals surface area contributed by atoms with E-state index in [1.54, 1.807) is 0 Å². The van der Waals surface area contributed by atoms with Gasteiger partial charge in [-0.15, -0.1) is 0 Å². The molecular formula is C11H11F3O2. The Kier molecular flexibility index (Phi) is 4.34. The fourth-order valence-electron chi connectivity index (χ4n) is 1.07. The molecule has 0 aliphatic carbocycles. The Morgan fingerprint density at radius 1 is 1.19 bits per heavy atom. The lowest BCUT2D eigenvalue weighted by Gasteiger charge is -2.05. The van der Waals surface area contributed by atoms with Crippen LogP contribution < -0.4 is 0 Å². The van der Waals surface area contributed by atoms with Gasteiger partial charge >= 0.3 is 5.97 Å². The Hall–Kier alpha value is -1.52. The van der Waals surface area contributed by atoms with Crippen LogP contribution in [0.25, 0.3) is 0 Å². The van der Waals surface area contributed by atoms with Crippen LogP contribution in [0.4, 0.5) is 13.2 Å². The van der Waals surface area contributed by atoms with Crippen LogP contribution in [-0.4, -0.2) is 12.6 Å². The van der Waals surface area contributed by atoms with Crippen LogP contribution in [0.5, 0.6) is 0 Å². The highest BCUT2D eigenvalue weighted by Gasteiger charge is 2.17. The van der Waals surface area contributed by atoms with E-state index in [-0.39, 0.29) is 6.61 Å². The molecular weight excluding hydrogens is 221 g/mol. The zero-order chi connectivity index (χ0) is 12.1. The molecule has 0 saturated carbocycles. The van der Waals surface area contributed by atoms with E-state index < -0.39 is 29.0 Å². The van der Waals surface area contributed by atoms with Gasteiger partial charge in [0.1, 0.15) is 5.82 Å².